The number of hydrogen-bond donors (Lipinski definition) is 1. The second kappa shape index (κ2) is 7.06. The quantitative estimate of drug-likeness (QED) is 0.917. The summed E-state index contributed by atoms with van der Waals surface area (Å²) in [6.45, 7) is 7.03. The number of rotatable bonds is 3. The highest BCUT2D eigenvalue weighted by Crippen LogP contribution is 2.46. The molecule has 0 saturated carbocycles. The van der Waals surface area contributed by atoms with Crippen LogP contribution in [0.3, 0.4) is 0 Å². The van der Waals surface area contributed by atoms with E-state index in [2.05, 4.69) is 11.4 Å². The van der Waals surface area contributed by atoms with Gasteiger partial charge in [-0.15, -0.1) is 0 Å². The van der Waals surface area contributed by atoms with Crippen molar-refractivity contribution >= 4 is 11.8 Å². The van der Waals surface area contributed by atoms with Gasteiger partial charge in [-0.1, -0.05) is 18.2 Å². The summed E-state index contributed by atoms with van der Waals surface area (Å²) in [5.41, 5.74) is 0.865. The molecule has 3 rings (SSSR count). The van der Waals surface area contributed by atoms with Crippen LogP contribution in [0.2, 0.25) is 0 Å². The van der Waals surface area contributed by atoms with E-state index in [0.29, 0.717) is 6.42 Å². The van der Waals surface area contributed by atoms with Crippen LogP contribution in [0.5, 0.6) is 5.75 Å². The predicted molar refractivity (Wildman–Crippen MR) is 96.5 cm³/mol. The Hall–Kier alpha value is -2.04. The second-order valence-electron chi connectivity index (χ2n) is 7.66. The third kappa shape index (κ3) is 3.97. The van der Waals surface area contributed by atoms with Gasteiger partial charge in [0.15, 0.2) is 0 Å². The molecular weight excluding hydrogens is 316 g/mol. The number of nitrogens with one attached hydrogen (secondary N) is 1. The first-order valence-corrected chi connectivity index (χ1v) is 9.21. The maximum atomic E-state index is 12.3. The van der Waals surface area contributed by atoms with E-state index in [9.17, 15) is 9.59 Å². The minimum absolute atomic E-state index is 0.0908. The summed E-state index contributed by atoms with van der Waals surface area (Å²) in [4.78, 5) is 25.8. The molecular formula is C20H28N2O3. The van der Waals surface area contributed by atoms with Gasteiger partial charge in [-0.2, -0.15) is 0 Å². The Labute approximate surface area is 149 Å². The zero-order valence-corrected chi connectivity index (χ0v) is 15.4. The first-order chi connectivity index (χ1) is 11.9. The van der Waals surface area contributed by atoms with Crippen molar-refractivity contribution < 1.29 is 14.3 Å². The Morgan fingerprint density at radius 1 is 1.28 bits per heavy atom. The van der Waals surface area contributed by atoms with Gasteiger partial charge in [-0.3, -0.25) is 9.59 Å². The summed E-state index contributed by atoms with van der Waals surface area (Å²) >= 11 is 0. The number of amides is 2. The Balaban J connectivity index is 1.79. The highest BCUT2D eigenvalue weighted by Gasteiger charge is 2.43. The highest BCUT2D eigenvalue weighted by molar-refractivity contribution is 5.77. The molecule has 0 radical (unpaired) electrons. The minimum atomic E-state index is -0.261. The molecule has 0 unspecified atom stereocenters. The number of para-hydroxylation sites is 1. The number of nitrogens with zero attached hydrogens (tertiary/aromatic N) is 1. The van der Waals surface area contributed by atoms with Crippen LogP contribution in [0.25, 0.3) is 0 Å². The van der Waals surface area contributed by atoms with Gasteiger partial charge in [0.2, 0.25) is 11.8 Å². The van der Waals surface area contributed by atoms with Crippen LogP contribution in [0, 0.1) is 0 Å². The van der Waals surface area contributed by atoms with E-state index in [0.717, 1.165) is 43.7 Å². The van der Waals surface area contributed by atoms with Crippen LogP contribution < -0.4 is 10.1 Å². The van der Waals surface area contributed by atoms with Gasteiger partial charge in [0.1, 0.15) is 11.4 Å². The van der Waals surface area contributed by atoms with Crippen molar-refractivity contribution in [3.8, 4) is 5.75 Å². The molecule has 1 aromatic carbocycles. The molecule has 2 amide bonds. The number of fused-ring (bicyclic) bond motifs is 1. The second-order valence-corrected chi connectivity index (χ2v) is 7.66. The van der Waals surface area contributed by atoms with E-state index in [1.165, 1.54) is 0 Å². The van der Waals surface area contributed by atoms with Crippen LogP contribution in [0.15, 0.2) is 24.3 Å². The van der Waals surface area contributed by atoms with Crippen LogP contribution in [0.1, 0.15) is 57.9 Å². The lowest BCUT2D eigenvalue weighted by Gasteiger charge is -2.46. The van der Waals surface area contributed by atoms with Crippen molar-refractivity contribution in [2.75, 3.05) is 13.1 Å². The van der Waals surface area contributed by atoms with Crippen molar-refractivity contribution in [1.82, 2.24) is 10.2 Å². The van der Waals surface area contributed by atoms with Crippen LogP contribution in [0.4, 0.5) is 0 Å². The first-order valence-electron chi connectivity index (χ1n) is 9.21. The SMILES string of the molecule is CC(=O)N1CCC2(CC1)C[C@@H](CC(=O)NC(C)C)c1ccccc1O2. The first kappa shape index (κ1) is 17.8. The van der Waals surface area contributed by atoms with Gasteiger partial charge in [0.05, 0.1) is 0 Å². The normalized spacial score (nSPS) is 21.6. The molecule has 2 aliphatic heterocycles. The summed E-state index contributed by atoms with van der Waals surface area (Å²) in [6.07, 6.45) is 2.96. The summed E-state index contributed by atoms with van der Waals surface area (Å²) < 4.78 is 6.41. The summed E-state index contributed by atoms with van der Waals surface area (Å²) in [5.74, 6) is 1.27. The smallest absolute Gasteiger partial charge is 0.220 e. The van der Waals surface area contributed by atoms with Gasteiger partial charge >= 0.3 is 0 Å². The monoisotopic (exact) mass is 344 g/mol. The van der Waals surface area contributed by atoms with Gasteiger partial charge in [0.25, 0.3) is 0 Å². The van der Waals surface area contributed by atoms with E-state index in [1.54, 1.807) is 6.92 Å². The Kier molecular flexibility index (Phi) is 5.02. The molecule has 2 aliphatic rings. The fourth-order valence-electron chi connectivity index (χ4n) is 4.07. The van der Waals surface area contributed by atoms with E-state index in [-0.39, 0.29) is 29.4 Å². The number of carbonyl (C=O) groups excluding carboxylic acids is 2. The predicted octanol–water partition coefficient (Wildman–Crippen LogP) is 2.85. The lowest BCUT2D eigenvalue weighted by atomic mass is 9.76. The average molecular weight is 344 g/mol. The lowest BCUT2D eigenvalue weighted by Crippen LogP contribution is -2.51. The van der Waals surface area contributed by atoms with Gasteiger partial charge in [-0.25, -0.2) is 0 Å². The molecule has 5 heteroatoms. The van der Waals surface area contributed by atoms with Gasteiger partial charge < -0.3 is 15.0 Å². The number of piperidine rings is 1. The molecule has 1 fully saturated rings. The number of benzene rings is 1. The number of hydrogen-bond acceptors (Lipinski definition) is 3. The third-order valence-electron chi connectivity index (χ3n) is 5.31. The fourth-order valence-corrected chi connectivity index (χ4v) is 4.07. The molecule has 0 aromatic heterocycles. The molecule has 1 atom stereocenters. The molecule has 1 aromatic rings. The zero-order chi connectivity index (χ0) is 18.0. The maximum absolute atomic E-state index is 12.3. The van der Waals surface area contributed by atoms with Crippen molar-refractivity contribution in [2.45, 2.75) is 64.0 Å². The van der Waals surface area contributed by atoms with Crippen molar-refractivity contribution in [1.29, 1.82) is 0 Å². The van der Waals surface area contributed by atoms with Gasteiger partial charge in [0, 0.05) is 51.2 Å². The molecule has 25 heavy (non-hydrogen) atoms. The van der Waals surface area contributed by atoms with Crippen LogP contribution >= 0.6 is 0 Å². The Bertz CT molecular complexity index is 648. The van der Waals surface area contributed by atoms with Crippen molar-refractivity contribution in [2.24, 2.45) is 0 Å². The number of ether oxygens (including phenoxy) is 1. The summed E-state index contributed by atoms with van der Waals surface area (Å²) in [7, 11) is 0. The Morgan fingerprint density at radius 3 is 2.60 bits per heavy atom. The maximum Gasteiger partial charge on any atom is 0.220 e. The minimum Gasteiger partial charge on any atom is -0.487 e. The molecule has 0 aliphatic carbocycles. The zero-order valence-electron chi connectivity index (χ0n) is 15.4. The topological polar surface area (TPSA) is 58.6 Å². The van der Waals surface area contributed by atoms with Crippen molar-refractivity contribution in [3.05, 3.63) is 29.8 Å². The number of carbonyl (C=O) groups is 2. The molecule has 0 bridgehead atoms. The van der Waals surface area contributed by atoms with Crippen LogP contribution in [-0.4, -0.2) is 41.4 Å². The standard InChI is InChI=1S/C20H28N2O3/c1-14(2)21-19(24)12-16-13-20(8-10-22(11-9-20)15(3)23)25-18-7-5-4-6-17(16)18/h4-7,14,16H,8-13H2,1-3H3,(H,21,24)/t16-/m1/s1. The molecule has 136 valence electrons. The van der Waals surface area contributed by atoms with E-state index in [4.69, 9.17) is 4.74 Å². The van der Waals surface area contributed by atoms with Gasteiger partial charge in [-0.05, 0) is 31.9 Å². The molecule has 2 heterocycles. The fraction of sp³-hybridized carbons (Fsp3) is 0.600. The Morgan fingerprint density at radius 2 is 1.96 bits per heavy atom. The molecule has 1 saturated heterocycles. The van der Waals surface area contributed by atoms with E-state index in [1.807, 2.05) is 36.9 Å². The average Bonchev–Trinajstić information content (AvgIpc) is 2.54. The molecule has 5 nitrogen and oxygen atoms in total. The molecule has 1 spiro atoms. The summed E-state index contributed by atoms with van der Waals surface area (Å²) in [6, 6.07) is 8.20. The van der Waals surface area contributed by atoms with E-state index < -0.39 is 0 Å². The van der Waals surface area contributed by atoms with Crippen LogP contribution in [-0.2, 0) is 9.59 Å². The lowest BCUT2D eigenvalue weighted by molar-refractivity contribution is -0.132. The third-order valence-corrected chi connectivity index (χ3v) is 5.31. The highest BCUT2D eigenvalue weighted by atomic mass is 16.5. The van der Waals surface area contributed by atoms with E-state index >= 15 is 0 Å². The largest absolute Gasteiger partial charge is 0.487 e. The van der Waals surface area contributed by atoms with Crippen molar-refractivity contribution in [3.63, 3.8) is 0 Å². The number of likely N-dealkylation sites (tertiary alicyclic amines) is 1. The molecule has 1 N–H and O–H groups in total. The summed E-state index contributed by atoms with van der Waals surface area (Å²) in [5, 5.41) is 3.00.